The normalized spacial score (nSPS) is 14.2. The number of carbonyl (C=O) groups is 3. The number of unbranched alkanes of at least 4 members (excludes halogenated alkanes) is 18. The fourth-order valence-electron chi connectivity index (χ4n) is 5.60. The van der Waals surface area contributed by atoms with E-state index in [0.29, 0.717) is 19.3 Å². The van der Waals surface area contributed by atoms with E-state index in [-0.39, 0.29) is 19.4 Å². The number of esters is 2. The van der Waals surface area contributed by atoms with E-state index in [1.165, 1.54) is 89.9 Å². The highest BCUT2D eigenvalue weighted by Gasteiger charge is 2.28. The number of carboxylic acid groups (broad SMARTS) is 1. The quantitative estimate of drug-likeness (QED) is 0.0233. The molecule has 12 heteroatoms. The van der Waals surface area contributed by atoms with E-state index >= 15 is 0 Å². The lowest BCUT2D eigenvalue weighted by molar-refractivity contribution is -0.161. The number of aliphatic carboxylic acids is 1. The van der Waals surface area contributed by atoms with Crippen LogP contribution in [-0.4, -0.2) is 59.9 Å². The third-order valence-corrected chi connectivity index (χ3v) is 10.0. The summed E-state index contributed by atoms with van der Waals surface area (Å²) in [6, 6.07) is -1.53. The van der Waals surface area contributed by atoms with Gasteiger partial charge in [-0.15, -0.1) is 0 Å². The second-order valence-electron chi connectivity index (χ2n) is 14.5. The molecule has 0 saturated heterocycles. The van der Waals surface area contributed by atoms with E-state index in [2.05, 4.69) is 54.8 Å². The van der Waals surface area contributed by atoms with Crippen molar-refractivity contribution in [1.82, 2.24) is 0 Å². The predicted octanol–water partition coefficient (Wildman–Crippen LogP) is 11.4. The number of hydrogen-bond acceptors (Lipinski definition) is 9. The van der Waals surface area contributed by atoms with Gasteiger partial charge in [-0.1, -0.05) is 146 Å². The zero-order chi connectivity index (χ0) is 41.4. The van der Waals surface area contributed by atoms with Crippen LogP contribution in [-0.2, 0) is 37.5 Å². The van der Waals surface area contributed by atoms with E-state index in [1.807, 2.05) is 12.2 Å². The predicted molar refractivity (Wildman–Crippen MR) is 226 cm³/mol. The zero-order valence-corrected chi connectivity index (χ0v) is 35.9. The molecule has 0 heterocycles. The Balaban J connectivity index is 4.47. The summed E-state index contributed by atoms with van der Waals surface area (Å²) in [7, 11) is -4.73. The van der Waals surface area contributed by atoms with Crippen LogP contribution in [0.5, 0.6) is 0 Å². The standard InChI is InChI=1S/C44H78NO10P/c1-3-5-7-9-11-13-15-17-19-20-22-24-26-28-30-32-34-36-43(47)55-40(38-53-56(50,51)54-39-41(45)44(48)49)37-52-42(46)35-33-31-29-27-25-23-21-18-16-14-12-10-8-6-4-2/h14,16-17,19,22,24,28,30,40-41H,3-13,15,18,20-21,23,25-27,29,31-39,45H2,1-2H3,(H,48,49)(H,50,51)/b16-14-,19-17-,24-22-,30-28-/t40-,41+/m1/s1. The van der Waals surface area contributed by atoms with Gasteiger partial charge in [-0.2, -0.15) is 0 Å². The Morgan fingerprint density at radius 3 is 1.50 bits per heavy atom. The molecule has 0 aliphatic rings. The van der Waals surface area contributed by atoms with Crippen LogP contribution in [0, 0.1) is 0 Å². The van der Waals surface area contributed by atoms with Gasteiger partial charge in [-0.3, -0.25) is 23.4 Å². The van der Waals surface area contributed by atoms with Crippen LogP contribution in [0.15, 0.2) is 48.6 Å². The Kier molecular flexibility index (Phi) is 37.5. The van der Waals surface area contributed by atoms with Crippen LogP contribution in [0.4, 0.5) is 0 Å². The molecule has 1 unspecified atom stereocenters. The molecule has 324 valence electrons. The molecule has 56 heavy (non-hydrogen) atoms. The van der Waals surface area contributed by atoms with E-state index < -0.39 is 51.1 Å². The summed E-state index contributed by atoms with van der Waals surface area (Å²) in [4.78, 5) is 45.9. The molecular weight excluding hydrogens is 733 g/mol. The molecule has 0 aliphatic carbocycles. The molecule has 0 fully saturated rings. The first kappa shape index (κ1) is 53.4. The molecule has 4 N–H and O–H groups in total. The number of rotatable bonds is 40. The van der Waals surface area contributed by atoms with Crippen LogP contribution in [0.1, 0.15) is 181 Å². The van der Waals surface area contributed by atoms with Crippen molar-refractivity contribution < 1.29 is 47.5 Å². The number of carbonyl (C=O) groups excluding carboxylic acids is 2. The van der Waals surface area contributed by atoms with E-state index in [0.717, 1.165) is 44.9 Å². The van der Waals surface area contributed by atoms with Crippen LogP contribution in [0.2, 0.25) is 0 Å². The Morgan fingerprint density at radius 1 is 0.554 bits per heavy atom. The van der Waals surface area contributed by atoms with Gasteiger partial charge < -0.3 is 25.2 Å². The minimum Gasteiger partial charge on any atom is -0.480 e. The largest absolute Gasteiger partial charge is 0.480 e. The highest BCUT2D eigenvalue weighted by molar-refractivity contribution is 7.47. The zero-order valence-electron chi connectivity index (χ0n) is 35.0. The second-order valence-corrected chi connectivity index (χ2v) is 15.9. The summed E-state index contributed by atoms with van der Waals surface area (Å²) in [5.74, 6) is -2.45. The maximum Gasteiger partial charge on any atom is 0.472 e. The van der Waals surface area contributed by atoms with Gasteiger partial charge in [-0.05, 0) is 70.6 Å². The van der Waals surface area contributed by atoms with Crippen LogP contribution < -0.4 is 5.73 Å². The number of ether oxygens (including phenoxy) is 2. The van der Waals surface area contributed by atoms with Crippen molar-refractivity contribution in [3.8, 4) is 0 Å². The van der Waals surface area contributed by atoms with Gasteiger partial charge >= 0.3 is 25.7 Å². The summed E-state index contributed by atoms with van der Waals surface area (Å²) in [5.41, 5.74) is 5.33. The molecule has 11 nitrogen and oxygen atoms in total. The molecule has 0 aromatic rings. The molecule has 0 aromatic carbocycles. The average molecular weight is 812 g/mol. The van der Waals surface area contributed by atoms with Crippen molar-refractivity contribution in [1.29, 1.82) is 0 Å². The topological polar surface area (TPSA) is 172 Å². The molecular formula is C44H78NO10P. The van der Waals surface area contributed by atoms with Crippen molar-refractivity contribution in [3.05, 3.63) is 48.6 Å². The van der Waals surface area contributed by atoms with E-state index in [9.17, 15) is 23.8 Å². The smallest absolute Gasteiger partial charge is 0.472 e. The molecule has 0 bridgehead atoms. The monoisotopic (exact) mass is 812 g/mol. The molecule has 0 radical (unpaired) electrons. The summed E-state index contributed by atoms with van der Waals surface area (Å²) in [6.45, 7) is 2.72. The number of hydrogen-bond donors (Lipinski definition) is 3. The van der Waals surface area contributed by atoms with E-state index in [4.69, 9.17) is 24.8 Å². The van der Waals surface area contributed by atoms with Crippen molar-refractivity contribution in [3.63, 3.8) is 0 Å². The molecule has 3 atom stereocenters. The van der Waals surface area contributed by atoms with Gasteiger partial charge in [0, 0.05) is 12.8 Å². The summed E-state index contributed by atoms with van der Waals surface area (Å²) in [6.07, 6.45) is 43.2. The lowest BCUT2D eigenvalue weighted by atomic mass is 10.1. The summed E-state index contributed by atoms with van der Waals surface area (Å²) < 4.78 is 32.6. The Labute approximate surface area is 339 Å². The Hall–Kier alpha value is -2.56. The third kappa shape index (κ3) is 38.3. The maximum atomic E-state index is 12.6. The molecule has 0 saturated carbocycles. The maximum absolute atomic E-state index is 12.6. The van der Waals surface area contributed by atoms with Gasteiger partial charge in [0.1, 0.15) is 12.6 Å². The summed E-state index contributed by atoms with van der Waals surface area (Å²) >= 11 is 0. The van der Waals surface area contributed by atoms with Crippen LogP contribution >= 0.6 is 7.82 Å². The second kappa shape index (κ2) is 39.3. The van der Waals surface area contributed by atoms with E-state index in [1.54, 1.807) is 0 Å². The minimum atomic E-state index is -4.73. The highest BCUT2D eigenvalue weighted by atomic mass is 31.2. The molecule has 0 amide bonds. The first-order valence-corrected chi connectivity index (χ1v) is 23.2. The van der Waals surface area contributed by atoms with Gasteiger partial charge in [0.25, 0.3) is 0 Å². The van der Waals surface area contributed by atoms with Crippen molar-refractivity contribution in [2.75, 3.05) is 19.8 Å². The lowest BCUT2D eigenvalue weighted by Gasteiger charge is -2.20. The highest BCUT2D eigenvalue weighted by Crippen LogP contribution is 2.43. The number of carboxylic acids is 1. The number of phosphoric acid groups is 1. The Morgan fingerprint density at radius 2 is 0.964 bits per heavy atom. The first-order valence-electron chi connectivity index (χ1n) is 21.7. The van der Waals surface area contributed by atoms with Crippen molar-refractivity contribution >= 4 is 25.7 Å². The summed E-state index contributed by atoms with van der Waals surface area (Å²) in [5, 5.41) is 8.88. The Bertz CT molecular complexity index is 1140. The molecule has 0 aliphatic heterocycles. The third-order valence-electron chi connectivity index (χ3n) is 9.05. The number of nitrogens with two attached hydrogens (primary N) is 1. The lowest BCUT2D eigenvalue weighted by Crippen LogP contribution is -2.34. The van der Waals surface area contributed by atoms with Gasteiger partial charge in [0.05, 0.1) is 13.2 Å². The average Bonchev–Trinajstić information content (AvgIpc) is 3.17. The van der Waals surface area contributed by atoms with Crippen LogP contribution in [0.25, 0.3) is 0 Å². The fourth-order valence-corrected chi connectivity index (χ4v) is 6.38. The van der Waals surface area contributed by atoms with Gasteiger partial charge in [0.15, 0.2) is 6.10 Å². The molecule has 0 aromatic heterocycles. The number of allylic oxidation sites excluding steroid dienone is 8. The van der Waals surface area contributed by atoms with Crippen molar-refractivity contribution in [2.24, 2.45) is 5.73 Å². The van der Waals surface area contributed by atoms with Crippen LogP contribution in [0.3, 0.4) is 0 Å². The molecule has 0 spiro atoms. The number of phosphoric ester groups is 1. The fraction of sp³-hybridized carbons (Fsp3) is 0.750. The van der Waals surface area contributed by atoms with Gasteiger partial charge in [0.2, 0.25) is 0 Å². The SMILES string of the molecule is CCCCCC/C=C\CCCCCCCCCC(=O)OC[C@H](COP(=O)(O)OC[C@H](N)C(=O)O)OC(=O)CCC/C=C\C/C=C\C/C=C\CCCCCCCC. The minimum absolute atomic E-state index is 0.0879. The van der Waals surface area contributed by atoms with Crippen molar-refractivity contribution in [2.45, 2.75) is 193 Å². The first-order chi connectivity index (χ1) is 27.1. The van der Waals surface area contributed by atoms with Gasteiger partial charge in [-0.25, -0.2) is 4.57 Å². The molecule has 0 rings (SSSR count).